The molecule has 0 bridgehead atoms. The molecule has 2 aromatic rings. The highest BCUT2D eigenvalue weighted by Gasteiger charge is 2.35. The van der Waals surface area contributed by atoms with Crippen molar-refractivity contribution in [2.45, 2.75) is 0 Å². The van der Waals surface area contributed by atoms with Crippen LogP contribution in [0.25, 0.3) is 6.08 Å². The summed E-state index contributed by atoms with van der Waals surface area (Å²) < 4.78 is 0.281. The number of amides is 2. The topological polar surface area (TPSA) is 89.9 Å². The molecule has 1 heterocycles. The van der Waals surface area contributed by atoms with Crippen LogP contribution in [0.3, 0.4) is 0 Å². The summed E-state index contributed by atoms with van der Waals surface area (Å²) in [6.07, 6.45) is 1.19. The Morgan fingerprint density at radius 2 is 1.81 bits per heavy atom. The van der Waals surface area contributed by atoms with Crippen LogP contribution in [0, 0.1) is 0 Å². The van der Waals surface area contributed by atoms with Crippen LogP contribution < -0.4 is 10.2 Å². The van der Waals surface area contributed by atoms with E-state index in [1.54, 1.807) is 0 Å². The first-order valence-corrected chi connectivity index (χ1v) is 9.22. The highest BCUT2D eigenvalue weighted by molar-refractivity contribution is 9.10. The van der Waals surface area contributed by atoms with E-state index in [1.807, 2.05) is 0 Å². The molecule has 0 saturated carbocycles. The number of nitrogens with zero attached hydrogens (tertiary/aromatic N) is 1. The molecule has 1 fully saturated rings. The third-order valence-electron chi connectivity index (χ3n) is 3.65. The zero-order chi connectivity index (χ0) is 19.9. The second-order valence-corrected chi connectivity index (χ2v) is 7.50. The number of aromatic hydroxyl groups is 2. The fraction of sp³-hybridized carbons (Fsp3) is 0. The van der Waals surface area contributed by atoms with Gasteiger partial charge in [-0.2, -0.15) is 0 Å². The first kappa shape index (κ1) is 19.6. The van der Waals surface area contributed by atoms with Gasteiger partial charge in [0.25, 0.3) is 11.8 Å². The van der Waals surface area contributed by atoms with E-state index in [1.165, 1.54) is 30.3 Å². The predicted molar refractivity (Wildman–Crippen MR) is 110 cm³/mol. The van der Waals surface area contributed by atoms with Gasteiger partial charge in [0.05, 0.1) is 15.2 Å². The second-order valence-electron chi connectivity index (χ2n) is 5.42. The van der Waals surface area contributed by atoms with Gasteiger partial charge < -0.3 is 10.2 Å². The Labute approximate surface area is 177 Å². The molecule has 1 saturated heterocycles. The quantitative estimate of drug-likeness (QED) is 0.338. The number of nitrogens with one attached hydrogen (secondary N) is 1. The van der Waals surface area contributed by atoms with Crippen LogP contribution in [0.2, 0.25) is 10.0 Å². The number of rotatable bonds is 2. The lowest BCUT2D eigenvalue weighted by Crippen LogP contribution is -2.54. The number of hydrogen-bond acceptors (Lipinski definition) is 5. The van der Waals surface area contributed by atoms with Gasteiger partial charge in [-0.05, 0) is 58.5 Å². The van der Waals surface area contributed by atoms with E-state index in [0.29, 0.717) is 5.02 Å². The Bertz CT molecular complexity index is 1040. The van der Waals surface area contributed by atoms with Gasteiger partial charge in [-0.25, -0.2) is 0 Å². The standard InChI is InChI=1S/C17H9BrCl2N2O4S/c18-10-4-7(13(23)6-14(10)24)3-9-15(25)21-17(27)22(16(9)26)12-2-1-8(19)5-11(12)20/h1-6,23-24H,(H,21,25,27)/b9-3+. The number of anilines is 1. The Morgan fingerprint density at radius 3 is 2.48 bits per heavy atom. The van der Waals surface area contributed by atoms with Gasteiger partial charge in [-0.3, -0.25) is 19.8 Å². The van der Waals surface area contributed by atoms with Gasteiger partial charge in [0.15, 0.2) is 5.11 Å². The highest BCUT2D eigenvalue weighted by Crippen LogP contribution is 2.34. The normalized spacial score (nSPS) is 16.0. The van der Waals surface area contributed by atoms with Crippen molar-refractivity contribution in [3.63, 3.8) is 0 Å². The minimum atomic E-state index is -0.727. The maximum Gasteiger partial charge on any atom is 0.270 e. The van der Waals surface area contributed by atoms with Crippen molar-refractivity contribution in [1.82, 2.24) is 5.32 Å². The maximum absolute atomic E-state index is 12.9. The van der Waals surface area contributed by atoms with Gasteiger partial charge in [-0.1, -0.05) is 23.2 Å². The minimum absolute atomic E-state index is 0.137. The van der Waals surface area contributed by atoms with Crippen LogP contribution >= 0.6 is 51.3 Å². The number of carbonyl (C=O) groups excluding carboxylic acids is 2. The predicted octanol–water partition coefficient (Wildman–Crippen LogP) is 4.00. The lowest BCUT2D eigenvalue weighted by molar-refractivity contribution is -0.122. The summed E-state index contributed by atoms with van der Waals surface area (Å²) in [6, 6.07) is 6.92. The molecule has 2 amide bonds. The molecule has 27 heavy (non-hydrogen) atoms. The minimum Gasteiger partial charge on any atom is -0.507 e. The molecule has 0 aliphatic carbocycles. The van der Waals surface area contributed by atoms with Crippen LogP contribution in [-0.4, -0.2) is 27.1 Å². The fourth-order valence-corrected chi connectivity index (χ4v) is 3.50. The number of halogens is 3. The Morgan fingerprint density at radius 1 is 1.11 bits per heavy atom. The summed E-state index contributed by atoms with van der Waals surface area (Å²) in [5.41, 5.74) is 0.119. The molecule has 1 aliphatic heterocycles. The van der Waals surface area contributed by atoms with Crippen molar-refractivity contribution in [3.05, 3.63) is 56.0 Å². The average Bonchev–Trinajstić information content (AvgIpc) is 2.57. The lowest BCUT2D eigenvalue weighted by Gasteiger charge is -2.29. The Kier molecular flexibility index (Phi) is 5.43. The zero-order valence-corrected chi connectivity index (χ0v) is 17.1. The number of benzene rings is 2. The molecule has 6 nitrogen and oxygen atoms in total. The van der Waals surface area contributed by atoms with Crippen molar-refractivity contribution in [1.29, 1.82) is 0 Å². The molecule has 138 valence electrons. The number of thiocarbonyl (C=S) groups is 1. The molecule has 2 aromatic carbocycles. The first-order chi connectivity index (χ1) is 12.7. The smallest absolute Gasteiger partial charge is 0.270 e. The van der Waals surface area contributed by atoms with Crippen LogP contribution in [0.15, 0.2) is 40.4 Å². The number of hydrogen-bond donors (Lipinski definition) is 3. The van der Waals surface area contributed by atoms with E-state index in [4.69, 9.17) is 35.4 Å². The number of phenolic OH excluding ortho intramolecular Hbond substituents is 2. The van der Waals surface area contributed by atoms with E-state index < -0.39 is 11.8 Å². The van der Waals surface area contributed by atoms with Crippen molar-refractivity contribution < 1.29 is 19.8 Å². The largest absolute Gasteiger partial charge is 0.507 e. The van der Waals surface area contributed by atoms with Crippen LogP contribution in [0.4, 0.5) is 5.69 Å². The molecule has 1 aliphatic rings. The van der Waals surface area contributed by atoms with Gasteiger partial charge in [0, 0.05) is 16.7 Å². The maximum atomic E-state index is 12.9. The molecular weight excluding hydrogens is 479 g/mol. The summed E-state index contributed by atoms with van der Waals surface area (Å²) in [5, 5.41) is 22.4. The third-order valence-corrected chi connectivity index (χ3v) is 5.11. The molecular formula is C17H9BrCl2N2O4S. The SMILES string of the molecule is O=C1NC(=S)N(c2ccc(Cl)cc2Cl)C(=O)/C1=C/c1cc(Br)c(O)cc1O. The summed E-state index contributed by atoms with van der Waals surface area (Å²) in [4.78, 5) is 26.3. The van der Waals surface area contributed by atoms with Crippen molar-refractivity contribution in [2.24, 2.45) is 0 Å². The molecule has 0 spiro atoms. The van der Waals surface area contributed by atoms with Crippen LogP contribution in [0.1, 0.15) is 5.56 Å². The van der Waals surface area contributed by atoms with Gasteiger partial charge in [0.1, 0.15) is 17.1 Å². The Balaban J connectivity index is 2.09. The van der Waals surface area contributed by atoms with E-state index in [0.717, 1.165) is 11.0 Å². The average molecular weight is 488 g/mol. The Hall–Kier alpha value is -2.13. The highest BCUT2D eigenvalue weighted by atomic mass is 79.9. The van der Waals surface area contributed by atoms with Crippen molar-refractivity contribution in [2.75, 3.05) is 4.90 Å². The molecule has 0 unspecified atom stereocenters. The van der Waals surface area contributed by atoms with Crippen molar-refractivity contribution >= 4 is 80.0 Å². The van der Waals surface area contributed by atoms with Crippen molar-refractivity contribution in [3.8, 4) is 11.5 Å². The van der Waals surface area contributed by atoms with E-state index >= 15 is 0 Å². The molecule has 0 aromatic heterocycles. The van der Waals surface area contributed by atoms with Gasteiger partial charge in [0.2, 0.25) is 0 Å². The molecule has 0 radical (unpaired) electrons. The number of phenols is 2. The lowest BCUT2D eigenvalue weighted by atomic mass is 10.1. The molecule has 3 rings (SSSR count). The fourth-order valence-electron chi connectivity index (χ4n) is 2.38. The van der Waals surface area contributed by atoms with Crippen LogP contribution in [0.5, 0.6) is 11.5 Å². The summed E-state index contributed by atoms with van der Waals surface area (Å²) >= 11 is 20.2. The summed E-state index contributed by atoms with van der Waals surface area (Å²) in [5.74, 6) is -1.95. The van der Waals surface area contributed by atoms with Gasteiger partial charge >= 0.3 is 0 Å². The summed E-state index contributed by atoms with van der Waals surface area (Å²) in [6.45, 7) is 0. The summed E-state index contributed by atoms with van der Waals surface area (Å²) in [7, 11) is 0. The van der Waals surface area contributed by atoms with Gasteiger partial charge in [-0.15, -0.1) is 0 Å². The molecule has 10 heteroatoms. The number of carbonyl (C=O) groups is 2. The molecule has 0 atom stereocenters. The van der Waals surface area contributed by atoms with Crippen LogP contribution in [-0.2, 0) is 9.59 Å². The van der Waals surface area contributed by atoms with E-state index in [-0.39, 0.29) is 42.9 Å². The molecule has 3 N–H and O–H groups in total. The van der Waals surface area contributed by atoms with E-state index in [9.17, 15) is 19.8 Å². The first-order valence-electron chi connectivity index (χ1n) is 7.27. The monoisotopic (exact) mass is 486 g/mol. The van der Waals surface area contributed by atoms with E-state index in [2.05, 4.69) is 21.2 Å². The third kappa shape index (κ3) is 3.79. The second kappa shape index (κ2) is 7.47. The zero-order valence-electron chi connectivity index (χ0n) is 13.2.